The minimum Gasteiger partial charge on any atom is -0.354 e. The number of hydrogen-bond donors (Lipinski definition) is 0. The van der Waals surface area contributed by atoms with Crippen LogP contribution in [0.3, 0.4) is 0 Å². The molecule has 1 amide bonds. The molecule has 0 bridgehead atoms. The van der Waals surface area contributed by atoms with Crippen molar-refractivity contribution in [1.82, 2.24) is 14.9 Å². The fourth-order valence-electron chi connectivity index (χ4n) is 5.20. The zero-order chi connectivity index (χ0) is 22.5. The van der Waals surface area contributed by atoms with Crippen molar-refractivity contribution in [3.63, 3.8) is 0 Å². The Morgan fingerprint density at radius 2 is 1.88 bits per heavy atom. The van der Waals surface area contributed by atoms with Crippen LogP contribution in [0.15, 0.2) is 24.3 Å². The molecule has 0 unspecified atom stereocenters. The summed E-state index contributed by atoms with van der Waals surface area (Å²) < 4.78 is 13.7. The molecule has 6 heteroatoms. The van der Waals surface area contributed by atoms with E-state index >= 15 is 0 Å². The van der Waals surface area contributed by atoms with Crippen molar-refractivity contribution >= 4 is 11.7 Å². The molecule has 1 saturated carbocycles. The monoisotopic (exact) mass is 438 g/mol. The van der Waals surface area contributed by atoms with E-state index in [0.29, 0.717) is 18.7 Å². The first-order chi connectivity index (χ1) is 15.5. The molecule has 1 aromatic heterocycles. The topological polar surface area (TPSA) is 49.3 Å². The molecule has 2 aromatic rings. The summed E-state index contributed by atoms with van der Waals surface area (Å²) in [4.78, 5) is 26.6. The number of amides is 1. The Kier molecular flexibility index (Phi) is 7.38. The fraction of sp³-hybridized carbons (Fsp3) is 0.577. The van der Waals surface area contributed by atoms with Crippen LogP contribution in [0, 0.1) is 25.6 Å². The van der Waals surface area contributed by atoms with Crippen LogP contribution >= 0.6 is 0 Å². The van der Waals surface area contributed by atoms with Crippen LogP contribution in [0.2, 0.25) is 0 Å². The lowest BCUT2D eigenvalue weighted by Crippen LogP contribution is -2.35. The highest BCUT2D eigenvalue weighted by molar-refractivity contribution is 5.76. The van der Waals surface area contributed by atoms with Crippen LogP contribution < -0.4 is 4.90 Å². The number of anilines is 1. The Morgan fingerprint density at radius 3 is 2.66 bits per heavy atom. The van der Waals surface area contributed by atoms with Crippen LogP contribution in [0.4, 0.5) is 10.2 Å². The molecule has 1 aliphatic heterocycles. The van der Waals surface area contributed by atoms with Gasteiger partial charge in [-0.15, -0.1) is 0 Å². The maximum atomic E-state index is 13.7. The Hall–Kier alpha value is -2.50. The molecular weight excluding hydrogens is 403 g/mol. The maximum Gasteiger partial charge on any atom is 0.222 e. The smallest absolute Gasteiger partial charge is 0.222 e. The fourth-order valence-corrected chi connectivity index (χ4v) is 5.20. The van der Waals surface area contributed by atoms with Gasteiger partial charge in [0.05, 0.1) is 0 Å². The number of benzene rings is 1. The van der Waals surface area contributed by atoms with Crippen molar-refractivity contribution in [2.24, 2.45) is 5.92 Å². The summed E-state index contributed by atoms with van der Waals surface area (Å²) in [5.41, 5.74) is 2.90. The van der Waals surface area contributed by atoms with E-state index in [2.05, 4.69) is 9.88 Å². The van der Waals surface area contributed by atoms with Gasteiger partial charge in [-0.25, -0.2) is 14.4 Å². The van der Waals surface area contributed by atoms with Crippen LogP contribution in [0.25, 0.3) is 0 Å². The molecule has 0 radical (unpaired) electrons. The molecule has 2 heterocycles. The summed E-state index contributed by atoms with van der Waals surface area (Å²) >= 11 is 0. The van der Waals surface area contributed by atoms with Gasteiger partial charge in [-0.3, -0.25) is 4.79 Å². The summed E-state index contributed by atoms with van der Waals surface area (Å²) in [5.74, 6) is 2.50. The number of hydrogen-bond acceptors (Lipinski definition) is 4. The molecule has 1 aromatic carbocycles. The zero-order valence-electron chi connectivity index (χ0n) is 19.4. The molecule has 1 aliphatic carbocycles. The average molecular weight is 439 g/mol. The van der Waals surface area contributed by atoms with Crippen molar-refractivity contribution in [2.75, 3.05) is 31.1 Å². The Morgan fingerprint density at radius 1 is 1.06 bits per heavy atom. The third-order valence-corrected chi connectivity index (χ3v) is 6.96. The molecule has 2 aliphatic rings. The molecule has 4 rings (SSSR count). The molecule has 1 saturated heterocycles. The number of aromatic nitrogens is 2. The molecular formula is C26H35FN4O. The molecule has 172 valence electrons. The summed E-state index contributed by atoms with van der Waals surface area (Å²) in [6.45, 7) is 7.08. The van der Waals surface area contributed by atoms with Gasteiger partial charge in [-0.2, -0.15) is 0 Å². The number of aryl methyl sites for hydroxylation is 2. The van der Waals surface area contributed by atoms with E-state index in [9.17, 15) is 9.18 Å². The predicted molar refractivity (Wildman–Crippen MR) is 125 cm³/mol. The van der Waals surface area contributed by atoms with Crippen molar-refractivity contribution < 1.29 is 9.18 Å². The van der Waals surface area contributed by atoms with E-state index in [0.717, 1.165) is 73.4 Å². The second-order valence-electron chi connectivity index (χ2n) is 9.38. The SMILES string of the molecule is Cc1nc(C)c(Cc2cccc(F)c2)c(N2CCCN(C(=O)CCC3CCCC3)CC2)n1. The minimum absolute atomic E-state index is 0.226. The van der Waals surface area contributed by atoms with E-state index in [1.807, 2.05) is 24.8 Å². The van der Waals surface area contributed by atoms with Crippen molar-refractivity contribution in [2.45, 2.75) is 65.2 Å². The number of halogens is 1. The van der Waals surface area contributed by atoms with Crippen molar-refractivity contribution in [3.8, 4) is 0 Å². The van der Waals surface area contributed by atoms with E-state index in [4.69, 9.17) is 4.98 Å². The van der Waals surface area contributed by atoms with Gasteiger partial charge in [0, 0.05) is 50.3 Å². The molecule has 0 spiro atoms. The highest BCUT2D eigenvalue weighted by Gasteiger charge is 2.24. The normalized spacial score (nSPS) is 17.6. The van der Waals surface area contributed by atoms with Crippen LogP contribution in [-0.4, -0.2) is 47.0 Å². The lowest BCUT2D eigenvalue weighted by Gasteiger charge is -2.26. The number of carbonyl (C=O) groups is 1. The van der Waals surface area contributed by atoms with Gasteiger partial charge in [0.25, 0.3) is 0 Å². The molecule has 5 nitrogen and oxygen atoms in total. The second-order valence-corrected chi connectivity index (χ2v) is 9.38. The zero-order valence-corrected chi connectivity index (χ0v) is 19.4. The van der Waals surface area contributed by atoms with E-state index < -0.39 is 0 Å². The van der Waals surface area contributed by atoms with Gasteiger partial charge >= 0.3 is 0 Å². The molecule has 0 N–H and O–H groups in total. The first-order valence-electron chi connectivity index (χ1n) is 12.1. The van der Waals surface area contributed by atoms with Gasteiger partial charge in [0.2, 0.25) is 5.91 Å². The summed E-state index contributed by atoms with van der Waals surface area (Å²) in [5, 5.41) is 0. The van der Waals surface area contributed by atoms with Crippen molar-refractivity contribution in [3.05, 3.63) is 52.7 Å². The lowest BCUT2D eigenvalue weighted by atomic mass is 10.0. The maximum absolute atomic E-state index is 13.7. The molecule has 2 fully saturated rings. The third-order valence-electron chi connectivity index (χ3n) is 6.96. The van der Waals surface area contributed by atoms with Gasteiger partial charge in [-0.1, -0.05) is 37.8 Å². The highest BCUT2D eigenvalue weighted by atomic mass is 19.1. The first kappa shape index (κ1) is 22.7. The van der Waals surface area contributed by atoms with E-state index in [1.165, 1.54) is 31.7 Å². The van der Waals surface area contributed by atoms with Gasteiger partial charge in [0.15, 0.2) is 0 Å². The average Bonchev–Trinajstić information content (AvgIpc) is 3.16. The second kappa shape index (κ2) is 10.4. The standard InChI is InChI=1S/C26H35FN4O/c1-19-24(18-22-9-5-10-23(27)17-22)26(29-20(2)28-19)31-14-6-13-30(15-16-31)25(32)12-11-21-7-3-4-8-21/h5,9-10,17,21H,3-4,6-8,11-16,18H2,1-2H3. The van der Waals surface area contributed by atoms with Gasteiger partial charge in [0.1, 0.15) is 17.5 Å². The lowest BCUT2D eigenvalue weighted by molar-refractivity contribution is -0.131. The summed E-state index contributed by atoms with van der Waals surface area (Å²) in [6, 6.07) is 6.74. The highest BCUT2D eigenvalue weighted by Crippen LogP contribution is 2.29. The van der Waals surface area contributed by atoms with Crippen LogP contribution in [0.5, 0.6) is 0 Å². The van der Waals surface area contributed by atoms with Crippen molar-refractivity contribution in [1.29, 1.82) is 0 Å². The summed E-state index contributed by atoms with van der Waals surface area (Å²) in [6.07, 6.45) is 8.49. The third kappa shape index (κ3) is 5.64. The quantitative estimate of drug-likeness (QED) is 0.648. The van der Waals surface area contributed by atoms with Gasteiger partial charge in [-0.05, 0) is 50.3 Å². The first-order valence-corrected chi connectivity index (χ1v) is 12.1. The largest absolute Gasteiger partial charge is 0.354 e. The minimum atomic E-state index is -0.226. The Balaban J connectivity index is 1.45. The number of rotatable bonds is 6. The Bertz CT molecular complexity index is 941. The van der Waals surface area contributed by atoms with E-state index in [-0.39, 0.29) is 5.82 Å². The number of nitrogens with zero attached hydrogens (tertiary/aromatic N) is 4. The summed E-state index contributed by atoms with van der Waals surface area (Å²) in [7, 11) is 0. The predicted octanol–water partition coefficient (Wildman–Crippen LogP) is 4.83. The van der Waals surface area contributed by atoms with Crippen LogP contribution in [-0.2, 0) is 11.2 Å². The Labute approximate surface area is 191 Å². The molecule has 32 heavy (non-hydrogen) atoms. The van der Waals surface area contributed by atoms with E-state index in [1.54, 1.807) is 12.1 Å². The van der Waals surface area contributed by atoms with Crippen LogP contribution in [0.1, 0.15) is 67.6 Å². The van der Waals surface area contributed by atoms with Gasteiger partial charge < -0.3 is 9.80 Å². The number of carbonyl (C=O) groups excluding carboxylic acids is 1. The molecule has 0 atom stereocenters.